The largest absolute Gasteiger partial charge is 0.141 e. The van der Waals surface area contributed by atoms with Gasteiger partial charge in [-0.05, 0) is 46.7 Å². The van der Waals surface area contributed by atoms with E-state index in [-0.39, 0.29) is 5.41 Å². The van der Waals surface area contributed by atoms with Crippen molar-refractivity contribution < 1.29 is 0 Å². The number of rotatable bonds is 4. The molecule has 4 aromatic carbocycles. The SMILES string of the molecule is Bc1c(B)c(C(C)(C)C)c(B)c(S(c2ccccc2)(c2ccccc2)c2ccccc2)c1B. The molecule has 0 atom stereocenters. The Hall–Kier alpha value is -2.51. The Labute approximate surface area is 205 Å². The molecular formula is C28H32B4S. The third kappa shape index (κ3) is 3.91. The lowest BCUT2D eigenvalue weighted by Gasteiger charge is -2.46. The van der Waals surface area contributed by atoms with Crippen LogP contribution in [0.4, 0.5) is 0 Å². The van der Waals surface area contributed by atoms with Gasteiger partial charge in [0, 0.05) is 14.7 Å². The summed E-state index contributed by atoms with van der Waals surface area (Å²) >= 11 is 0. The molecule has 0 aromatic heterocycles. The zero-order valence-corrected chi connectivity index (χ0v) is 21.9. The molecule has 0 radical (unpaired) electrons. The monoisotopic (exact) mass is 444 g/mol. The van der Waals surface area contributed by atoms with Gasteiger partial charge < -0.3 is 0 Å². The smallest absolute Gasteiger partial charge is 0.134 e. The summed E-state index contributed by atoms with van der Waals surface area (Å²) in [6.07, 6.45) is 0. The van der Waals surface area contributed by atoms with Crippen LogP contribution in [-0.2, 0) is 5.41 Å². The van der Waals surface area contributed by atoms with Crippen LogP contribution in [0.1, 0.15) is 26.3 Å². The topological polar surface area (TPSA) is 0 Å². The fourth-order valence-corrected chi connectivity index (χ4v) is 9.93. The molecule has 33 heavy (non-hydrogen) atoms. The fourth-order valence-electron chi connectivity index (χ4n) is 5.54. The van der Waals surface area contributed by atoms with Crippen molar-refractivity contribution in [2.24, 2.45) is 0 Å². The molecule has 0 saturated carbocycles. The molecule has 0 heterocycles. The van der Waals surface area contributed by atoms with E-state index in [1.54, 1.807) is 0 Å². The number of hydrogen-bond donors (Lipinski definition) is 0. The zero-order valence-electron chi connectivity index (χ0n) is 21.1. The first-order chi connectivity index (χ1) is 15.7. The van der Waals surface area contributed by atoms with Gasteiger partial charge in [0.2, 0.25) is 0 Å². The van der Waals surface area contributed by atoms with Gasteiger partial charge in [0.15, 0.2) is 0 Å². The quantitative estimate of drug-likeness (QED) is 0.418. The van der Waals surface area contributed by atoms with Crippen LogP contribution in [0.15, 0.2) is 111 Å². The highest BCUT2D eigenvalue weighted by atomic mass is 32.3. The molecule has 0 aliphatic rings. The number of benzene rings is 4. The fraction of sp³-hybridized carbons (Fsp3) is 0.143. The second-order valence-electron chi connectivity index (χ2n) is 10.0. The van der Waals surface area contributed by atoms with E-state index >= 15 is 0 Å². The van der Waals surface area contributed by atoms with Crippen molar-refractivity contribution in [3.8, 4) is 0 Å². The van der Waals surface area contributed by atoms with Crippen LogP contribution in [0.2, 0.25) is 0 Å². The van der Waals surface area contributed by atoms with Gasteiger partial charge in [0.05, 0.1) is 0 Å². The molecule has 0 saturated heterocycles. The average molecular weight is 444 g/mol. The number of hydrogen-bond acceptors (Lipinski definition) is 0. The van der Waals surface area contributed by atoms with Crippen LogP contribution in [0.5, 0.6) is 0 Å². The normalized spacial score (nSPS) is 12.5. The Morgan fingerprint density at radius 3 is 1.18 bits per heavy atom. The lowest BCUT2D eigenvalue weighted by atomic mass is 9.62. The highest BCUT2D eigenvalue weighted by molar-refractivity contribution is 8.34. The molecule has 0 amide bonds. The molecule has 0 nitrogen and oxygen atoms in total. The summed E-state index contributed by atoms with van der Waals surface area (Å²) < 4.78 is 0. The molecule has 0 fully saturated rings. The lowest BCUT2D eigenvalue weighted by Crippen LogP contribution is -2.51. The van der Waals surface area contributed by atoms with Gasteiger partial charge in [-0.1, -0.05) is 97.3 Å². The standard InChI is InChI=1S/C28H32B4S/c1-28(2,3)22-23(29)25(31)26(32)27(24(22)30)33(19-13-7-4-8-14-19,20-15-9-5-10-16-20)21-17-11-6-12-18-21/h4-18H,29-32H2,1-3H3. The maximum absolute atomic E-state index is 2.37. The molecule has 0 aliphatic heterocycles. The van der Waals surface area contributed by atoms with Gasteiger partial charge in [0.25, 0.3) is 0 Å². The second kappa shape index (κ2) is 9.03. The maximum atomic E-state index is 2.37. The Kier molecular flexibility index (Phi) is 6.47. The predicted octanol–water partition coefficient (Wildman–Crippen LogP) is 1.36. The van der Waals surface area contributed by atoms with E-state index < -0.39 is 10.0 Å². The van der Waals surface area contributed by atoms with Crippen molar-refractivity contribution in [2.45, 2.75) is 45.8 Å². The minimum Gasteiger partial charge on any atom is -0.134 e. The molecule has 5 heteroatoms. The molecule has 0 spiro atoms. The van der Waals surface area contributed by atoms with Crippen molar-refractivity contribution in [2.75, 3.05) is 0 Å². The molecule has 0 aliphatic carbocycles. The lowest BCUT2D eigenvalue weighted by molar-refractivity contribution is 0.597. The van der Waals surface area contributed by atoms with E-state index in [0.717, 1.165) is 0 Å². The van der Waals surface area contributed by atoms with Gasteiger partial charge in [-0.25, -0.2) is 0 Å². The molecule has 0 N–H and O–H groups in total. The van der Waals surface area contributed by atoms with E-state index in [2.05, 4.69) is 143 Å². The molecular weight excluding hydrogens is 412 g/mol. The van der Waals surface area contributed by atoms with Crippen LogP contribution in [0.3, 0.4) is 0 Å². The third-order valence-corrected chi connectivity index (χ3v) is 11.1. The van der Waals surface area contributed by atoms with Crippen LogP contribution in [0.25, 0.3) is 0 Å². The minimum atomic E-state index is -1.69. The highest BCUT2D eigenvalue weighted by Crippen LogP contribution is 2.72. The van der Waals surface area contributed by atoms with Crippen molar-refractivity contribution in [3.63, 3.8) is 0 Å². The van der Waals surface area contributed by atoms with Gasteiger partial charge in [-0.15, -0.1) is 15.5 Å². The molecule has 162 valence electrons. The maximum Gasteiger partial charge on any atom is 0.141 e. The van der Waals surface area contributed by atoms with Crippen molar-refractivity contribution >= 4 is 63.3 Å². The molecule has 4 rings (SSSR count). The zero-order chi connectivity index (χ0) is 23.8. The summed E-state index contributed by atoms with van der Waals surface area (Å²) in [5.74, 6) is 0. The van der Waals surface area contributed by atoms with Crippen LogP contribution in [0, 0.1) is 0 Å². The van der Waals surface area contributed by atoms with Crippen molar-refractivity contribution in [3.05, 3.63) is 96.6 Å². The molecule has 0 unspecified atom stereocenters. The van der Waals surface area contributed by atoms with E-state index in [0.29, 0.717) is 0 Å². The Morgan fingerprint density at radius 1 is 0.485 bits per heavy atom. The minimum absolute atomic E-state index is 0.0661. The van der Waals surface area contributed by atoms with Crippen LogP contribution >= 0.6 is 10.0 Å². The second-order valence-corrected chi connectivity index (χ2v) is 13.1. The summed E-state index contributed by atoms with van der Waals surface area (Å²) in [5.41, 5.74) is 7.26. The van der Waals surface area contributed by atoms with E-state index in [1.807, 2.05) is 0 Å². The van der Waals surface area contributed by atoms with E-state index in [9.17, 15) is 0 Å². The predicted molar refractivity (Wildman–Crippen MR) is 158 cm³/mol. The first-order valence-corrected chi connectivity index (χ1v) is 13.4. The summed E-state index contributed by atoms with van der Waals surface area (Å²) in [6, 6.07) is 33.6. The Morgan fingerprint density at radius 2 is 0.848 bits per heavy atom. The van der Waals surface area contributed by atoms with Crippen molar-refractivity contribution in [1.29, 1.82) is 0 Å². The molecule has 4 aromatic rings. The van der Waals surface area contributed by atoms with Gasteiger partial charge in [0.1, 0.15) is 31.4 Å². The van der Waals surface area contributed by atoms with Gasteiger partial charge >= 0.3 is 0 Å². The van der Waals surface area contributed by atoms with Gasteiger partial charge in [-0.2, -0.15) is 0 Å². The summed E-state index contributed by atoms with van der Waals surface area (Å²) in [7, 11) is 7.64. The molecule has 0 bridgehead atoms. The highest BCUT2D eigenvalue weighted by Gasteiger charge is 2.37. The first-order valence-electron chi connectivity index (χ1n) is 11.8. The Balaban J connectivity index is 2.30. The summed E-state index contributed by atoms with van der Waals surface area (Å²) in [5, 5.41) is 0. The Bertz CT molecular complexity index is 1170. The van der Waals surface area contributed by atoms with Crippen LogP contribution < -0.4 is 21.9 Å². The van der Waals surface area contributed by atoms with Gasteiger partial charge in [-0.3, -0.25) is 0 Å². The summed E-state index contributed by atoms with van der Waals surface area (Å²) in [4.78, 5) is 5.66. The van der Waals surface area contributed by atoms with E-state index in [4.69, 9.17) is 0 Å². The van der Waals surface area contributed by atoms with Crippen molar-refractivity contribution in [1.82, 2.24) is 0 Å². The van der Waals surface area contributed by atoms with Crippen LogP contribution in [-0.4, -0.2) is 31.4 Å². The van der Waals surface area contributed by atoms with E-state index in [1.165, 1.54) is 47.0 Å². The average Bonchev–Trinajstić information content (AvgIpc) is 2.81. The third-order valence-electron chi connectivity index (χ3n) is 6.90. The summed E-state index contributed by atoms with van der Waals surface area (Å²) in [6.45, 7) is 7.06. The first kappa shape index (κ1) is 23.6.